The summed E-state index contributed by atoms with van der Waals surface area (Å²) < 4.78 is 63.4. The Kier molecular flexibility index (Phi) is 6.39. The fourth-order valence-electron chi connectivity index (χ4n) is 3.10. The monoisotopic (exact) mass is 376 g/mol. The zero-order chi connectivity index (χ0) is 18.6. The molecule has 2 aliphatic heterocycles. The Labute approximate surface area is 150 Å². The molecular weight excluding hydrogens is 353 g/mol. The maximum Gasteiger partial charge on any atom is 0.573 e. The van der Waals surface area contributed by atoms with Crippen molar-refractivity contribution in [3.63, 3.8) is 0 Å². The molecule has 2 aliphatic rings. The number of rotatable bonds is 5. The van der Waals surface area contributed by atoms with Gasteiger partial charge in [-0.1, -0.05) is 25.5 Å². The molecule has 2 fully saturated rings. The Morgan fingerprint density at radius 2 is 1.58 bits per heavy atom. The molecule has 0 saturated carbocycles. The number of hydrogen-bond acceptors (Lipinski definition) is 5. The first-order valence-electron chi connectivity index (χ1n) is 8.76. The summed E-state index contributed by atoms with van der Waals surface area (Å²) in [6, 6.07) is 5.47. The Bertz CT molecular complexity index is 547. The van der Waals surface area contributed by atoms with E-state index in [1.54, 1.807) is 0 Å². The lowest BCUT2D eigenvalue weighted by Gasteiger charge is -2.37. The van der Waals surface area contributed by atoms with Crippen LogP contribution in [0.15, 0.2) is 24.3 Å². The minimum atomic E-state index is -4.71. The van der Waals surface area contributed by atoms with Crippen molar-refractivity contribution in [2.45, 2.75) is 38.7 Å². The smallest absolute Gasteiger partial charge is 0.406 e. The fourth-order valence-corrected chi connectivity index (χ4v) is 3.10. The third kappa shape index (κ3) is 5.33. The van der Waals surface area contributed by atoms with Gasteiger partial charge in [0.25, 0.3) is 0 Å². The molecule has 0 amide bonds. The van der Waals surface area contributed by atoms with Crippen LogP contribution in [-0.2, 0) is 18.9 Å². The Balaban J connectivity index is 1.46. The molecule has 1 aromatic rings. The molecule has 0 radical (unpaired) electrons. The summed E-state index contributed by atoms with van der Waals surface area (Å²) in [5, 5.41) is 0. The van der Waals surface area contributed by atoms with Gasteiger partial charge in [-0.3, -0.25) is 0 Å². The maximum atomic E-state index is 12.2. The Morgan fingerprint density at radius 1 is 0.962 bits per heavy atom. The molecule has 0 atom stereocenters. The molecule has 5 nitrogen and oxygen atoms in total. The van der Waals surface area contributed by atoms with Crippen LogP contribution in [0.3, 0.4) is 0 Å². The van der Waals surface area contributed by atoms with Gasteiger partial charge in [0, 0.05) is 11.5 Å². The summed E-state index contributed by atoms with van der Waals surface area (Å²) in [6.45, 7) is 4.29. The molecule has 0 N–H and O–H groups in total. The average Bonchev–Trinajstić information content (AvgIpc) is 2.62. The molecule has 1 aromatic carbocycles. The van der Waals surface area contributed by atoms with Crippen molar-refractivity contribution in [3.8, 4) is 5.75 Å². The lowest BCUT2D eigenvalue weighted by Crippen LogP contribution is -2.43. The van der Waals surface area contributed by atoms with Crippen molar-refractivity contribution in [2.75, 3.05) is 26.4 Å². The lowest BCUT2D eigenvalue weighted by molar-refractivity contribution is -0.283. The summed E-state index contributed by atoms with van der Waals surface area (Å²) in [4.78, 5) is 0. The Hall–Kier alpha value is -1.35. The van der Waals surface area contributed by atoms with E-state index in [2.05, 4.69) is 11.7 Å². The molecular formula is C18H23F3O5. The van der Waals surface area contributed by atoms with Crippen molar-refractivity contribution in [3.05, 3.63) is 29.8 Å². The van der Waals surface area contributed by atoms with E-state index in [0.29, 0.717) is 37.9 Å². The predicted octanol–water partition coefficient (Wildman–Crippen LogP) is 4.04. The van der Waals surface area contributed by atoms with E-state index in [-0.39, 0.29) is 18.0 Å². The van der Waals surface area contributed by atoms with E-state index in [1.165, 1.54) is 24.3 Å². The highest BCUT2D eigenvalue weighted by Crippen LogP contribution is 2.31. The number of halogens is 3. The number of alkyl halides is 3. The van der Waals surface area contributed by atoms with Gasteiger partial charge in [-0.25, -0.2) is 0 Å². The molecule has 0 spiro atoms. The highest BCUT2D eigenvalue weighted by atomic mass is 19.4. The van der Waals surface area contributed by atoms with Gasteiger partial charge in [0.2, 0.25) is 0 Å². The molecule has 0 bridgehead atoms. The second kappa shape index (κ2) is 8.56. The summed E-state index contributed by atoms with van der Waals surface area (Å²) >= 11 is 0. The van der Waals surface area contributed by atoms with Crippen molar-refractivity contribution in [2.24, 2.45) is 11.8 Å². The SMILES string of the molecule is CCC[C@H]1CO[C@H]([C@H]2CO[C@H](c3ccc(OC(F)(F)F)cc3)OC2)OC1. The Morgan fingerprint density at radius 3 is 2.12 bits per heavy atom. The maximum absolute atomic E-state index is 12.2. The number of hydrogen-bond donors (Lipinski definition) is 0. The van der Waals surface area contributed by atoms with E-state index in [9.17, 15) is 13.2 Å². The summed E-state index contributed by atoms with van der Waals surface area (Å²) in [5.74, 6) is 0.133. The average molecular weight is 376 g/mol. The standard InChI is InChI=1S/C18H23F3O5/c1-2-3-12-8-22-17(23-9-12)14-10-24-16(25-11-14)13-4-6-15(7-5-13)26-18(19,20)21/h4-7,12,14,16-17H,2-3,8-11H2,1H3/t12-,14-,16-,17-. The van der Waals surface area contributed by atoms with E-state index in [1.807, 2.05) is 0 Å². The van der Waals surface area contributed by atoms with E-state index in [0.717, 1.165) is 12.8 Å². The van der Waals surface area contributed by atoms with E-state index < -0.39 is 12.7 Å². The second-order valence-electron chi connectivity index (χ2n) is 6.57. The normalized spacial score (nSPS) is 30.2. The first-order chi connectivity index (χ1) is 12.4. The minimum Gasteiger partial charge on any atom is -0.406 e. The van der Waals surface area contributed by atoms with Crippen LogP contribution in [0.4, 0.5) is 13.2 Å². The van der Waals surface area contributed by atoms with Crippen LogP contribution in [0.2, 0.25) is 0 Å². The van der Waals surface area contributed by atoms with Gasteiger partial charge in [0.15, 0.2) is 12.6 Å². The molecule has 0 unspecified atom stereocenters. The molecule has 146 valence electrons. The molecule has 2 heterocycles. The van der Waals surface area contributed by atoms with Crippen molar-refractivity contribution in [1.29, 1.82) is 0 Å². The summed E-state index contributed by atoms with van der Waals surface area (Å²) in [6.07, 6.45) is -3.48. The van der Waals surface area contributed by atoms with Gasteiger partial charge in [-0.05, 0) is 18.6 Å². The third-order valence-corrected chi connectivity index (χ3v) is 4.38. The molecule has 0 aromatic heterocycles. The van der Waals surface area contributed by atoms with Crippen molar-refractivity contribution >= 4 is 0 Å². The summed E-state index contributed by atoms with van der Waals surface area (Å²) in [5.41, 5.74) is 0.631. The van der Waals surface area contributed by atoms with Crippen LogP contribution in [-0.4, -0.2) is 39.1 Å². The molecule has 0 aliphatic carbocycles. The highest BCUT2D eigenvalue weighted by molar-refractivity contribution is 5.28. The topological polar surface area (TPSA) is 46.2 Å². The first kappa shape index (κ1) is 19.4. The van der Waals surface area contributed by atoms with E-state index in [4.69, 9.17) is 18.9 Å². The zero-order valence-corrected chi connectivity index (χ0v) is 14.5. The zero-order valence-electron chi connectivity index (χ0n) is 14.5. The quantitative estimate of drug-likeness (QED) is 0.776. The van der Waals surface area contributed by atoms with Gasteiger partial charge in [-0.2, -0.15) is 0 Å². The van der Waals surface area contributed by atoms with Crippen LogP contribution >= 0.6 is 0 Å². The van der Waals surface area contributed by atoms with Crippen LogP contribution in [0, 0.1) is 11.8 Å². The van der Waals surface area contributed by atoms with Crippen molar-refractivity contribution < 1.29 is 36.9 Å². The lowest BCUT2D eigenvalue weighted by atomic mass is 10.0. The highest BCUT2D eigenvalue weighted by Gasteiger charge is 2.34. The molecule has 2 saturated heterocycles. The summed E-state index contributed by atoms with van der Waals surface area (Å²) in [7, 11) is 0. The van der Waals surface area contributed by atoms with Crippen LogP contribution in [0.5, 0.6) is 5.75 Å². The predicted molar refractivity (Wildman–Crippen MR) is 85.4 cm³/mol. The molecule has 3 rings (SSSR count). The number of ether oxygens (including phenoxy) is 5. The van der Waals surface area contributed by atoms with Gasteiger partial charge >= 0.3 is 6.36 Å². The van der Waals surface area contributed by atoms with Gasteiger partial charge in [0.05, 0.1) is 32.3 Å². The number of benzene rings is 1. The van der Waals surface area contributed by atoms with Gasteiger partial charge in [-0.15, -0.1) is 13.2 Å². The van der Waals surface area contributed by atoms with Crippen molar-refractivity contribution in [1.82, 2.24) is 0 Å². The van der Waals surface area contributed by atoms with Crippen LogP contribution < -0.4 is 4.74 Å². The van der Waals surface area contributed by atoms with Crippen LogP contribution in [0.1, 0.15) is 31.6 Å². The van der Waals surface area contributed by atoms with E-state index >= 15 is 0 Å². The minimum absolute atomic E-state index is 0.0262. The van der Waals surface area contributed by atoms with Gasteiger partial charge < -0.3 is 23.7 Å². The largest absolute Gasteiger partial charge is 0.573 e. The molecule has 26 heavy (non-hydrogen) atoms. The first-order valence-corrected chi connectivity index (χ1v) is 8.76. The van der Waals surface area contributed by atoms with Gasteiger partial charge in [0.1, 0.15) is 5.75 Å². The van der Waals surface area contributed by atoms with Crippen LogP contribution in [0.25, 0.3) is 0 Å². The molecule has 8 heteroatoms. The second-order valence-corrected chi connectivity index (χ2v) is 6.57. The third-order valence-electron chi connectivity index (χ3n) is 4.38. The fraction of sp³-hybridized carbons (Fsp3) is 0.667.